The van der Waals surface area contributed by atoms with Crippen LogP contribution in [0.2, 0.25) is 0 Å². The predicted octanol–water partition coefficient (Wildman–Crippen LogP) is 2.33. The zero-order valence-corrected chi connectivity index (χ0v) is 17.4. The van der Waals surface area contributed by atoms with Crippen LogP contribution in [0, 0.1) is 13.8 Å². The molecule has 0 N–H and O–H groups in total. The average Bonchev–Trinajstić information content (AvgIpc) is 3.42. The van der Waals surface area contributed by atoms with Crippen LogP contribution in [-0.2, 0) is 16.1 Å². The van der Waals surface area contributed by atoms with Gasteiger partial charge in [-0.05, 0) is 38.8 Å². The number of hydrogen-bond acceptors (Lipinski definition) is 6. The van der Waals surface area contributed by atoms with Crippen LogP contribution in [0.15, 0.2) is 28.8 Å². The highest BCUT2D eigenvalue weighted by Crippen LogP contribution is 2.24. The first-order valence-corrected chi connectivity index (χ1v) is 10.4. The molecular weight excluding hydrogens is 386 g/mol. The molecule has 4 rings (SSSR count). The van der Waals surface area contributed by atoms with Crippen LogP contribution in [0.25, 0.3) is 0 Å². The molecule has 0 bridgehead atoms. The van der Waals surface area contributed by atoms with Crippen molar-refractivity contribution in [3.05, 3.63) is 46.8 Å². The minimum absolute atomic E-state index is 0.0443. The van der Waals surface area contributed by atoms with Crippen molar-refractivity contribution in [2.75, 3.05) is 32.8 Å². The molecule has 2 saturated heterocycles. The molecule has 8 nitrogen and oxygen atoms in total. The normalized spacial score (nSPS) is 19.2. The third-order valence-corrected chi connectivity index (χ3v) is 5.75. The van der Waals surface area contributed by atoms with Crippen molar-refractivity contribution in [2.24, 2.45) is 0 Å². The van der Waals surface area contributed by atoms with Crippen LogP contribution in [0.5, 0.6) is 5.75 Å². The van der Waals surface area contributed by atoms with E-state index < -0.39 is 0 Å². The Kier molecular flexibility index (Phi) is 6.03. The van der Waals surface area contributed by atoms with Gasteiger partial charge in [0.15, 0.2) is 0 Å². The first-order valence-electron chi connectivity index (χ1n) is 10.4. The summed E-state index contributed by atoms with van der Waals surface area (Å²) in [4.78, 5) is 29.2. The van der Waals surface area contributed by atoms with Gasteiger partial charge in [0.2, 0.25) is 0 Å². The molecule has 0 radical (unpaired) electrons. The smallest absolute Gasteiger partial charge is 0.257 e. The maximum atomic E-state index is 13.1. The van der Waals surface area contributed by atoms with Gasteiger partial charge >= 0.3 is 0 Å². The Morgan fingerprint density at radius 3 is 2.53 bits per heavy atom. The maximum Gasteiger partial charge on any atom is 0.257 e. The molecule has 3 heterocycles. The van der Waals surface area contributed by atoms with Crippen molar-refractivity contribution in [3.63, 3.8) is 0 Å². The number of ether oxygens (including phenoxy) is 2. The number of aryl methyl sites for hydroxylation is 2. The first-order chi connectivity index (χ1) is 14.5. The van der Waals surface area contributed by atoms with Gasteiger partial charge in [-0.2, -0.15) is 0 Å². The Labute approximate surface area is 175 Å². The van der Waals surface area contributed by atoms with Crippen LogP contribution in [0.3, 0.4) is 0 Å². The monoisotopic (exact) mass is 413 g/mol. The molecule has 2 fully saturated rings. The van der Waals surface area contributed by atoms with Crippen molar-refractivity contribution in [1.29, 1.82) is 0 Å². The number of hydrogen-bond donors (Lipinski definition) is 0. The second-order valence-electron chi connectivity index (χ2n) is 7.71. The molecule has 2 aliphatic heterocycles. The van der Waals surface area contributed by atoms with Gasteiger partial charge in [-0.25, -0.2) is 0 Å². The number of nitrogens with zero attached hydrogens (tertiary/aromatic N) is 3. The molecule has 8 heteroatoms. The van der Waals surface area contributed by atoms with Gasteiger partial charge < -0.3 is 23.8 Å². The summed E-state index contributed by atoms with van der Waals surface area (Å²) in [6, 6.07) is 7.24. The fourth-order valence-corrected chi connectivity index (χ4v) is 3.90. The van der Waals surface area contributed by atoms with Crippen LogP contribution in [-0.4, -0.2) is 65.7 Å². The molecule has 30 heavy (non-hydrogen) atoms. The molecular formula is C22H27N3O5. The average molecular weight is 413 g/mol. The lowest BCUT2D eigenvalue weighted by Gasteiger charge is -2.36. The van der Waals surface area contributed by atoms with Gasteiger partial charge in [-0.1, -0.05) is 17.3 Å². The quantitative estimate of drug-likeness (QED) is 0.748. The van der Waals surface area contributed by atoms with Gasteiger partial charge in [0.05, 0.1) is 16.8 Å². The van der Waals surface area contributed by atoms with Gasteiger partial charge in [-0.3, -0.25) is 9.59 Å². The van der Waals surface area contributed by atoms with Gasteiger partial charge in [0.1, 0.15) is 24.2 Å². The largest absolute Gasteiger partial charge is 0.488 e. The Morgan fingerprint density at radius 1 is 1.13 bits per heavy atom. The molecule has 0 saturated carbocycles. The number of para-hydroxylation sites is 1. The predicted molar refractivity (Wildman–Crippen MR) is 108 cm³/mol. The molecule has 1 aromatic heterocycles. The minimum atomic E-state index is -0.314. The van der Waals surface area contributed by atoms with Gasteiger partial charge in [0, 0.05) is 32.8 Å². The van der Waals surface area contributed by atoms with E-state index in [1.807, 2.05) is 26.0 Å². The summed E-state index contributed by atoms with van der Waals surface area (Å²) < 4.78 is 16.6. The van der Waals surface area contributed by atoms with Crippen molar-refractivity contribution in [1.82, 2.24) is 15.0 Å². The topological polar surface area (TPSA) is 85.1 Å². The summed E-state index contributed by atoms with van der Waals surface area (Å²) in [5.41, 5.74) is 2.19. The number of carbonyl (C=O) groups is 2. The maximum absolute atomic E-state index is 13.1. The molecule has 1 aromatic carbocycles. The highest BCUT2D eigenvalue weighted by Gasteiger charge is 2.32. The summed E-state index contributed by atoms with van der Waals surface area (Å²) in [6.07, 6.45) is 1.40. The second kappa shape index (κ2) is 8.87. The zero-order chi connectivity index (χ0) is 21.1. The van der Waals surface area contributed by atoms with E-state index in [0.29, 0.717) is 49.9 Å². The number of benzene rings is 1. The summed E-state index contributed by atoms with van der Waals surface area (Å²) >= 11 is 0. The van der Waals surface area contributed by atoms with Crippen LogP contribution in [0.4, 0.5) is 0 Å². The lowest BCUT2D eigenvalue weighted by Crippen LogP contribution is -2.52. The number of amides is 2. The molecule has 160 valence electrons. The molecule has 1 atom stereocenters. The Balaban J connectivity index is 1.39. The van der Waals surface area contributed by atoms with E-state index >= 15 is 0 Å². The number of carbonyl (C=O) groups excluding carboxylic acids is 2. The van der Waals surface area contributed by atoms with Crippen LogP contribution < -0.4 is 4.74 Å². The Bertz CT molecular complexity index is 892. The van der Waals surface area contributed by atoms with Crippen LogP contribution in [0.1, 0.15) is 40.2 Å². The standard InChI is InChI=1S/C22H27N3O5/c1-15-18(16(2)30-23-15)14-29-19-7-4-3-6-17(19)21(26)24-9-11-25(12-10-24)22(27)20-8-5-13-28-20/h3-4,6-7,20H,5,8-14H2,1-2H3. The minimum Gasteiger partial charge on any atom is -0.488 e. The lowest BCUT2D eigenvalue weighted by atomic mass is 10.1. The van der Waals surface area contributed by atoms with E-state index in [-0.39, 0.29) is 24.5 Å². The highest BCUT2D eigenvalue weighted by molar-refractivity contribution is 5.97. The van der Waals surface area contributed by atoms with E-state index in [4.69, 9.17) is 14.0 Å². The van der Waals surface area contributed by atoms with E-state index in [0.717, 1.165) is 24.1 Å². The SMILES string of the molecule is Cc1noc(C)c1COc1ccccc1C(=O)N1CCN(C(=O)C2CCCO2)CC1. The van der Waals surface area contributed by atoms with E-state index in [1.165, 1.54) is 0 Å². The van der Waals surface area contributed by atoms with Crippen LogP contribution >= 0.6 is 0 Å². The van der Waals surface area contributed by atoms with Crippen molar-refractivity contribution >= 4 is 11.8 Å². The van der Waals surface area contributed by atoms with E-state index in [1.54, 1.807) is 21.9 Å². The molecule has 0 aliphatic carbocycles. The van der Waals surface area contributed by atoms with E-state index in [2.05, 4.69) is 5.16 Å². The fraction of sp³-hybridized carbons (Fsp3) is 0.500. The summed E-state index contributed by atoms with van der Waals surface area (Å²) in [7, 11) is 0. The van der Waals surface area contributed by atoms with Crippen molar-refractivity contribution < 1.29 is 23.6 Å². The Morgan fingerprint density at radius 2 is 1.87 bits per heavy atom. The van der Waals surface area contributed by atoms with E-state index in [9.17, 15) is 9.59 Å². The molecule has 2 aromatic rings. The summed E-state index contributed by atoms with van der Waals surface area (Å²) in [5, 5.41) is 3.94. The van der Waals surface area contributed by atoms with Crippen molar-refractivity contribution in [3.8, 4) is 5.75 Å². The summed E-state index contributed by atoms with van der Waals surface area (Å²) in [5.74, 6) is 1.19. The molecule has 2 aliphatic rings. The first kappa shape index (κ1) is 20.4. The number of piperazine rings is 1. The third kappa shape index (κ3) is 4.18. The highest BCUT2D eigenvalue weighted by atomic mass is 16.5. The second-order valence-corrected chi connectivity index (χ2v) is 7.71. The van der Waals surface area contributed by atoms with Crippen molar-refractivity contribution in [2.45, 2.75) is 39.4 Å². The Hall–Kier alpha value is -2.87. The van der Waals surface area contributed by atoms with Gasteiger partial charge in [0.25, 0.3) is 11.8 Å². The number of aromatic nitrogens is 1. The molecule has 0 spiro atoms. The van der Waals surface area contributed by atoms with Gasteiger partial charge in [-0.15, -0.1) is 0 Å². The summed E-state index contributed by atoms with van der Waals surface area (Å²) in [6.45, 7) is 6.68. The number of rotatable bonds is 5. The molecule has 2 amide bonds. The lowest BCUT2D eigenvalue weighted by molar-refractivity contribution is -0.142. The zero-order valence-electron chi connectivity index (χ0n) is 17.4. The molecule has 1 unspecified atom stereocenters. The third-order valence-electron chi connectivity index (χ3n) is 5.75. The fourth-order valence-electron chi connectivity index (χ4n) is 3.90.